The molecule has 6 heteroatoms. The lowest BCUT2D eigenvalue weighted by atomic mass is 10.3. The minimum Gasteiger partial charge on any atom is -0.368 e. The molecule has 0 aliphatic heterocycles. The lowest BCUT2D eigenvalue weighted by Gasteiger charge is -2.01. The van der Waals surface area contributed by atoms with Gasteiger partial charge in [0.2, 0.25) is 5.96 Å². The summed E-state index contributed by atoms with van der Waals surface area (Å²) < 4.78 is 27.1. The van der Waals surface area contributed by atoms with Gasteiger partial charge in [-0.25, -0.2) is 18.5 Å². The molecule has 2 rings (SSSR count). The molecule has 0 unspecified atom stereocenters. The Balaban J connectivity index is 2.36. The van der Waals surface area contributed by atoms with Crippen molar-refractivity contribution >= 4 is 11.6 Å². The first-order chi connectivity index (χ1) is 7.66. The van der Waals surface area contributed by atoms with Crippen LogP contribution in [-0.2, 0) is 0 Å². The second-order valence-corrected chi connectivity index (χ2v) is 3.02. The number of hydrogen-bond acceptors (Lipinski definition) is 2. The molecule has 2 N–H and O–H groups in total. The minimum absolute atomic E-state index is 0.00973. The standard InChI is InChI=1S/C10H8F2N4/c11-7-2-3-9(8(12)6-7)15-10(13)16-5-1-4-14-16/h1-6H,(H2,13,15). The number of aromatic nitrogens is 2. The normalized spacial score (nSPS) is 11.8. The summed E-state index contributed by atoms with van der Waals surface area (Å²) in [6.45, 7) is 0. The zero-order valence-corrected chi connectivity index (χ0v) is 8.14. The SMILES string of the molecule is NC(=Nc1ccc(F)cc1F)n1cccn1. The zero-order valence-electron chi connectivity index (χ0n) is 8.14. The fourth-order valence-electron chi connectivity index (χ4n) is 1.15. The maximum absolute atomic E-state index is 13.2. The van der Waals surface area contributed by atoms with Crippen LogP contribution in [0, 0.1) is 11.6 Å². The van der Waals surface area contributed by atoms with Crippen molar-refractivity contribution in [3.63, 3.8) is 0 Å². The van der Waals surface area contributed by atoms with Crippen molar-refractivity contribution in [2.45, 2.75) is 0 Å². The maximum atomic E-state index is 13.2. The van der Waals surface area contributed by atoms with Gasteiger partial charge in [0.1, 0.15) is 11.5 Å². The minimum atomic E-state index is -0.768. The van der Waals surface area contributed by atoms with Crippen molar-refractivity contribution in [1.29, 1.82) is 0 Å². The number of nitrogens with zero attached hydrogens (tertiary/aromatic N) is 3. The van der Waals surface area contributed by atoms with Gasteiger partial charge in [0.05, 0.1) is 0 Å². The van der Waals surface area contributed by atoms with Crippen LogP contribution in [0.1, 0.15) is 0 Å². The van der Waals surface area contributed by atoms with Gasteiger partial charge >= 0.3 is 0 Å². The Bertz CT molecular complexity index is 520. The second-order valence-electron chi connectivity index (χ2n) is 3.02. The number of halogens is 2. The largest absolute Gasteiger partial charge is 0.368 e. The fraction of sp³-hybridized carbons (Fsp3) is 0. The highest BCUT2D eigenvalue weighted by Crippen LogP contribution is 2.18. The topological polar surface area (TPSA) is 56.2 Å². The Kier molecular flexibility index (Phi) is 2.63. The lowest BCUT2D eigenvalue weighted by molar-refractivity contribution is 0.584. The molecule has 0 fully saturated rings. The van der Waals surface area contributed by atoms with E-state index in [4.69, 9.17) is 5.73 Å². The third kappa shape index (κ3) is 2.05. The molecule has 16 heavy (non-hydrogen) atoms. The molecule has 0 bridgehead atoms. The fourth-order valence-corrected chi connectivity index (χ4v) is 1.15. The molecular formula is C10H8F2N4. The molecule has 82 valence electrons. The summed E-state index contributed by atoms with van der Waals surface area (Å²) >= 11 is 0. The molecule has 1 aromatic carbocycles. The van der Waals surface area contributed by atoms with Crippen LogP contribution in [0.4, 0.5) is 14.5 Å². The molecule has 0 amide bonds. The van der Waals surface area contributed by atoms with Crippen LogP contribution in [0.3, 0.4) is 0 Å². The van der Waals surface area contributed by atoms with Crippen LogP contribution in [-0.4, -0.2) is 15.7 Å². The summed E-state index contributed by atoms with van der Waals surface area (Å²) in [5.41, 5.74) is 5.54. The Morgan fingerprint density at radius 2 is 2.19 bits per heavy atom. The van der Waals surface area contributed by atoms with Gasteiger partial charge in [-0.1, -0.05) is 0 Å². The zero-order chi connectivity index (χ0) is 11.5. The van der Waals surface area contributed by atoms with E-state index in [1.54, 1.807) is 12.3 Å². The average Bonchev–Trinajstić information content (AvgIpc) is 2.75. The molecule has 0 spiro atoms. The first kappa shape index (κ1) is 10.3. The quantitative estimate of drug-likeness (QED) is 0.589. The van der Waals surface area contributed by atoms with E-state index in [0.717, 1.165) is 12.1 Å². The summed E-state index contributed by atoms with van der Waals surface area (Å²) in [6, 6.07) is 4.72. The van der Waals surface area contributed by atoms with Crippen molar-refractivity contribution in [3.05, 3.63) is 48.3 Å². The van der Waals surface area contributed by atoms with Crippen LogP contribution in [0.5, 0.6) is 0 Å². The van der Waals surface area contributed by atoms with Crippen molar-refractivity contribution in [2.24, 2.45) is 10.7 Å². The van der Waals surface area contributed by atoms with Crippen LogP contribution in [0.2, 0.25) is 0 Å². The lowest BCUT2D eigenvalue weighted by Crippen LogP contribution is -2.22. The van der Waals surface area contributed by atoms with Crippen LogP contribution in [0.15, 0.2) is 41.7 Å². The molecule has 0 aliphatic rings. The molecule has 0 saturated heterocycles. The van der Waals surface area contributed by atoms with Crippen molar-refractivity contribution in [3.8, 4) is 0 Å². The van der Waals surface area contributed by atoms with E-state index in [1.165, 1.54) is 16.9 Å². The summed E-state index contributed by atoms with van der Waals surface area (Å²) in [6.07, 6.45) is 3.09. The van der Waals surface area contributed by atoms with Gasteiger partial charge in [-0.2, -0.15) is 5.10 Å². The van der Waals surface area contributed by atoms with Crippen molar-refractivity contribution < 1.29 is 8.78 Å². The van der Waals surface area contributed by atoms with E-state index in [0.29, 0.717) is 0 Å². The third-order valence-corrected chi connectivity index (χ3v) is 1.88. The Morgan fingerprint density at radius 3 is 2.81 bits per heavy atom. The first-order valence-electron chi connectivity index (χ1n) is 4.46. The predicted molar refractivity (Wildman–Crippen MR) is 55.3 cm³/mol. The highest BCUT2D eigenvalue weighted by atomic mass is 19.1. The molecular weight excluding hydrogens is 214 g/mol. The smallest absolute Gasteiger partial charge is 0.221 e. The molecule has 0 saturated carbocycles. The van der Waals surface area contributed by atoms with E-state index < -0.39 is 11.6 Å². The number of rotatable bonds is 1. The molecule has 0 aliphatic carbocycles. The summed E-state index contributed by atoms with van der Waals surface area (Å²) in [4.78, 5) is 3.80. The van der Waals surface area contributed by atoms with E-state index in [9.17, 15) is 8.78 Å². The Morgan fingerprint density at radius 1 is 1.38 bits per heavy atom. The van der Waals surface area contributed by atoms with Gasteiger partial charge in [-0.05, 0) is 18.2 Å². The van der Waals surface area contributed by atoms with Gasteiger partial charge in [-0.15, -0.1) is 0 Å². The van der Waals surface area contributed by atoms with E-state index in [2.05, 4.69) is 10.1 Å². The van der Waals surface area contributed by atoms with Crippen LogP contribution >= 0.6 is 0 Å². The van der Waals surface area contributed by atoms with Gasteiger partial charge in [-0.3, -0.25) is 0 Å². The van der Waals surface area contributed by atoms with Crippen LogP contribution < -0.4 is 5.73 Å². The molecule has 1 aromatic heterocycles. The van der Waals surface area contributed by atoms with E-state index >= 15 is 0 Å². The average molecular weight is 222 g/mol. The number of nitrogens with two attached hydrogens (primary N) is 1. The van der Waals surface area contributed by atoms with Gasteiger partial charge in [0, 0.05) is 18.5 Å². The molecule has 0 atom stereocenters. The molecule has 4 nitrogen and oxygen atoms in total. The molecule has 0 radical (unpaired) electrons. The van der Waals surface area contributed by atoms with Gasteiger partial charge in [0.15, 0.2) is 5.82 Å². The number of benzene rings is 1. The molecule has 2 aromatic rings. The third-order valence-electron chi connectivity index (χ3n) is 1.88. The van der Waals surface area contributed by atoms with Gasteiger partial charge in [0.25, 0.3) is 0 Å². The second kappa shape index (κ2) is 4.09. The van der Waals surface area contributed by atoms with Crippen LogP contribution in [0.25, 0.3) is 0 Å². The van der Waals surface area contributed by atoms with Crippen molar-refractivity contribution in [1.82, 2.24) is 9.78 Å². The number of hydrogen-bond donors (Lipinski definition) is 1. The van der Waals surface area contributed by atoms with Gasteiger partial charge < -0.3 is 5.73 Å². The predicted octanol–water partition coefficient (Wildman–Crippen LogP) is 1.66. The van der Waals surface area contributed by atoms with E-state index in [1.807, 2.05) is 0 Å². The summed E-state index contributed by atoms with van der Waals surface area (Å²) in [5, 5.41) is 3.82. The maximum Gasteiger partial charge on any atom is 0.221 e. The first-order valence-corrected chi connectivity index (χ1v) is 4.46. The Hall–Kier alpha value is -2.24. The van der Waals surface area contributed by atoms with E-state index in [-0.39, 0.29) is 11.6 Å². The molecule has 1 heterocycles. The van der Waals surface area contributed by atoms with Crippen molar-refractivity contribution in [2.75, 3.05) is 0 Å². The highest BCUT2D eigenvalue weighted by molar-refractivity contribution is 5.82. The Labute approximate surface area is 90.0 Å². The summed E-state index contributed by atoms with van der Waals surface area (Å²) in [5.74, 6) is -1.42. The summed E-state index contributed by atoms with van der Waals surface area (Å²) in [7, 11) is 0. The highest BCUT2D eigenvalue weighted by Gasteiger charge is 2.04. The number of aliphatic imine (C=N–C) groups is 1. The monoisotopic (exact) mass is 222 g/mol.